The number of rotatable bonds is 3. The number of nitrogens with zero attached hydrogens (tertiary/aromatic N) is 1. The fourth-order valence-corrected chi connectivity index (χ4v) is 1.32. The minimum absolute atomic E-state index is 0.0589. The van der Waals surface area contributed by atoms with Crippen molar-refractivity contribution in [3.8, 4) is 11.3 Å². The smallest absolute Gasteiger partial charge is 0.314 e. The van der Waals surface area contributed by atoms with E-state index in [1.807, 2.05) is 30.3 Å². The molecular weight excluding hydrogens is 206 g/mol. The van der Waals surface area contributed by atoms with E-state index in [-0.39, 0.29) is 12.4 Å². The molecule has 0 saturated heterocycles. The molecule has 2 rings (SSSR count). The summed E-state index contributed by atoms with van der Waals surface area (Å²) in [5.74, 6) is 0.659. The van der Waals surface area contributed by atoms with Gasteiger partial charge >= 0.3 is 5.97 Å². The predicted octanol–water partition coefficient (Wildman–Crippen LogP) is 2.06. The van der Waals surface area contributed by atoms with Crippen molar-refractivity contribution in [3.63, 3.8) is 0 Å². The molecule has 1 heterocycles. The standard InChI is InChI=1S/C12H11NO3/c1-15-12(14)7-11-13-8-10(16-11)9-5-3-2-4-6-9/h2-6,8H,7H2,1H3. The molecule has 0 unspecified atom stereocenters. The fourth-order valence-electron chi connectivity index (χ4n) is 1.32. The van der Waals surface area contributed by atoms with Crippen molar-refractivity contribution in [2.45, 2.75) is 6.42 Å². The number of esters is 1. The molecule has 4 heteroatoms. The quantitative estimate of drug-likeness (QED) is 0.738. The Hall–Kier alpha value is -2.10. The van der Waals surface area contributed by atoms with Gasteiger partial charge in [0, 0.05) is 5.56 Å². The van der Waals surface area contributed by atoms with Crippen LogP contribution in [0.1, 0.15) is 5.89 Å². The number of hydrogen-bond donors (Lipinski definition) is 0. The molecule has 2 aromatic rings. The molecule has 1 aromatic heterocycles. The molecule has 82 valence electrons. The van der Waals surface area contributed by atoms with Crippen LogP contribution in [0, 0.1) is 0 Å². The maximum absolute atomic E-state index is 11.0. The first-order valence-electron chi connectivity index (χ1n) is 4.86. The lowest BCUT2D eigenvalue weighted by atomic mass is 10.2. The van der Waals surface area contributed by atoms with Gasteiger partial charge < -0.3 is 9.15 Å². The summed E-state index contributed by atoms with van der Waals surface area (Å²) < 4.78 is 9.96. The number of benzene rings is 1. The van der Waals surface area contributed by atoms with Crippen LogP contribution in [0.25, 0.3) is 11.3 Å². The zero-order valence-corrected chi connectivity index (χ0v) is 8.84. The Balaban J connectivity index is 2.17. The van der Waals surface area contributed by atoms with Gasteiger partial charge in [-0.25, -0.2) is 4.98 Å². The molecule has 4 nitrogen and oxygen atoms in total. The highest BCUT2D eigenvalue weighted by atomic mass is 16.5. The number of carbonyl (C=O) groups is 1. The first-order chi connectivity index (χ1) is 7.79. The van der Waals surface area contributed by atoms with Gasteiger partial charge in [0.25, 0.3) is 0 Å². The Bertz CT molecular complexity index is 476. The van der Waals surface area contributed by atoms with Crippen LogP contribution in [0.2, 0.25) is 0 Å². The van der Waals surface area contributed by atoms with Crippen LogP contribution in [0.15, 0.2) is 40.9 Å². The van der Waals surface area contributed by atoms with Crippen LogP contribution in [-0.2, 0) is 16.0 Å². The lowest BCUT2D eigenvalue weighted by Crippen LogP contribution is -2.04. The summed E-state index contributed by atoms with van der Waals surface area (Å²) in [5.41, 5.74) is 0.936. The zero-order chi connectivity index (χ0) is 11.4. The van der Waals surface area contributed by atoms with Gasteiger partial charge in [0.05, 0.1) is 13.3 Å². The van der Waals surface area contributed by atoms with Crippen molar-refractivity contribution in [2.75, 3.05) is 7.11 Å². The third kappa shape index (κ3) is 2.28. The van der Waals surface area contributed by atoms with Gasteiger partial charge in [-0.15, -0.1) is 0 Å². The van der Waals surface area contributed by atoms with Crippen LogP contribution in [0.4, 0.5) is 0 Å². The summed E-state index contributed by atoms with van der Waals surface area (Å²) in [5, 5.41) is 0. The van der Waals surface area contributed by atoms with E-state index in [0.717, 1.165) is 5.56 Å². The maximum atomic E-state index is 11.0. The molecule has 0 radical (unpaired) electrons. The molecule has 0 aliphatic heterocycles. The van der Waals surface area contributed by atoms with Crippen LogP contribution < -0.4 is 0 Å². The summed E-state index contributed by atoms with van der Waals surface area (Å²) in [6.07, 6.45) is 1.66. The largest absolute Gasteiger partial charge is 0.469 e. The van der Waals surface area contributed by atoms with E-state index in [4.69, 9.17) is 4.42 Å². The summed E-state index contributed by atoms with van der Waals surface area (Å²) >= 11 is 0. The number of aromatic nitrogens is 1. The third-order valence-electron chi connectivity index (χ3n) is 2.14. The van der Waals surface area contributed by atoms with Crippen molar-refractivity contribution in [3.05, 3.63) is 42.4 Å². The van der Waals surface area contributed by atoms with E-state index in [1.54, 1.807) is 6.20 Å². The molecular formula is C12H11NO3. The molecule has 0 spiro atoms. The van der Waals surface area contributed by atoms with Crippen LogP contribution in [0.5, 0.6) is 0 Å². The second kappa shape index (κ2) is 4.61. The summed E-state index contributed by atoms with van der Waals surface area (Å²) in [6, 6.07) is 9.59. The lowest BCUT2D eigenvalue weighted by Gasteiger charge is -1.95. The first-order valence-corrected chi connectivity index (χ1v) is 4.86. The molecule has 0 saturated carbocycles. The maximum Gasteiger partial charge on any atom is 0.314 e. The normalized spacial score (nSPS) is 10.1. The summed E-state index contributed by atoms with van der Waals surface area (Å²) in [4.78, 5) is 15.0. The highest BCUT2D eigenvalue weighted by molar-refractivity contribution is 5.71. The van der Waals surface area contributed by atoms with Gasteiger partial charge in [0.2, 0.25) is 5.89 Å². The molecule has 0 fully saturated rings. The van der Waals surface area contributed by atoms with Crippen LogP contribution in [-0.4, -0.2) is 18.1 Å². The molecule has 0 amide bonds. The van der Waals surface area contributed by atoms with Gasteiger partial charge in [-0.2, -0.15) is 0 Å². The minimum atomic E-state index is -0.360. The average molecular weight is 217 g/mol. The fraction of sp³-hybridized carbons (Fsp3) is 0.167. The van der Waals surface area contributed by atoms with E-state index in [2.05, 4.69) is 9.72 Å². The van der Waals surface area contributed by atoms with Crippen molar-refractivity contribution in [2.24, 2.45) is 0 Å². The SMILES string of the molecule is COC(=O)Cc1ncc(-c2ccccc2)o1. The number of methoxy groups -OCH3 is 1. The Kier molecular flexibility index (Phi) is 3.00. The van der Waals surface area contributed by atoms with E-state index >= 15 is 0 Å². The van der Waals surface area contributed by atoms with Crippen molar-refractivity contribution in [1.29, 1.82) is 0 Å². The van der Waals surface area contributed by atoms with E-state index in [9.17, 15) is 4.79 Å². The van der Waals surface area contributed by atoms with Crippen LogP contribution in [0.3, 0.4) is 0 Å². The summed E-state index contributed by atoms with van der Waals surface area (Å²) in [7, 11) is 1.34. The van der Waals surface area contributed by atoms with E-state index in [0.29, 0.717) is 11.7 Å². The Morgan fingerprint density at radius 3 is 2.81 bits per heavy atom. The van der Waals surface area contributed by atoms with Crippen molar-refractivity contribution in [1.82, 2.24) is 4.98 Å². The molecule has 0 aliphatic rings. The predicted molar refractivity (Wildman–Crippen MR) is 57.7 cm³/mol. The zero-order valence-electron chi connectivity index (χ0n) is 8.84. The Morgan fingerprint density at radius 2 is 2.12 bits per heavy atom. The second-order valence-corrected chi connectivity index (χ2v) is 3.24. The van der Waals surface area contributed by atoms with Gasteiger partial charge in [-0.05, 0) is 0 Å². The number of ether oxygens (including phenoxy) is 1. The van der Waals surface area contributed by atoms with E-state index in [1.165, 1.54) is 7.11 Å². The topological polar surface area (TPSA) is 52.3 Å². The van der Waals surface area contributed by atoms with Crippen molar-refractivity contribution < 1.29 is 13.9 Å². The summed E-state index contributed by atoms with van der Waals surface area (Å²) in [6.45, 7) is 0. The van der Waals surface area contributed by atoms with Gasteiger partial charge in [0.15, 0.2) is 5.76 Å². The molecule has 16 heavy (non-hydrogen) atoms. The highest BCUT2D eigenvalue weighted by Gasteiger charge is 2.10. The molecule has 1 aromatic carbocycles. The molecule has 0 aliphatic carbocycles. The molecule has 0 N–H and O–H groups in total. The average Bonchev–Trinajstić information content (AvgIpc) is 2.78. The van der Waals surface area contributed by atoms with Gasteiger partial charge in [-0.1, -0.05) is 30.3 Å². The van der Waals surface area contributed by atoms with Crippen LogP contribution >= 0.6 is 0 Å². The monoisotopic (exact) mass is 217 g/mol. The third-order valence-corrected chi connectivity index (χ3v) is 2.14. The van der Waals surface area contributed by atoms with E-state index < -0.39 is 0 Å². The van der Waals surface area contributed by atoms with Gasteiger partial charge in [-0.3, -0.25) is 4.79 Å². The number of hydrogen-bond acceptors (Lipinski definition) is 4. The number of oxazole rings is 1. The minimum Gasteiger partial charge on any atom is -0.469 e. The molecule has 0 atom stereocenters. The highest BCUT2D eigenvalue weighted by Crippen LogP contribution is 2.19. The van der Waals surface area contributed by atoms with Crippen molar-refractivity contribution >= 4 is 5.97 Å². The molecule has 0 bridgehead atoms. The second-order valence-electron chi connectivity index (χ2n) is 3.24. The lowest BCUT2D eigenvalue weighted by molar-refractivity contribution is -0.140. The Labute approximate surface area is 92.9 Å². The van der Waals surface area contributed by atoms with Gasteiger partial charge in [0.1, 0.15) is 6.42 Å². The Morgan fingerprint density at radius 1 is 1.38 bits per heavy atom. The first kappa shape index (κ1) is 10.4. The number of carbonyl (C=O) groups excluding carboxylic acids is 1.